The minimum atomic E-state index is -0.566. The van der Waals surface area contributed by atoms with Crippen LogP contribution in [0.5, 0.6) is 5.75 Å². The number of alkyl carbamates (subject to hydrolysis) is 1. The Morgan fingerprint density at radius 1 is 1.32 bits per heavy atom. The predicted molar refractivity (Wildman–Crippen MR) is 84.8 cm³/mol. The molecule has 0 aliphatic rings. The summed E-state index contributed by atoms with van der Waals surface area (Å²) in [4.78, 5) is 22.8. The van der Waals surface area contributed by atoms with Crippen molar-refractivity contribution in [3.8, 4) is 5.75 Å². The van der Waals surface area contributed by atoms with Crippen LogP contribution in [-0.4, -0.2) is 29.1 Å². The molecule has 2 atom stereocenters. The fourth-order valence-electron chi connectivity index (χ4n) is 2.09. The van der Waals surface area contributed by atoms with Gasteiger partial charge in [0.15, 0.2) is 0 Å². The summed E-state index contributed by atoms with van der Waals surface area (Å²) in [6.07, 6.45) is 1.48. The Kier molecular flexibility index (Phi) is 6.40. The van der Waals surface area contributed by atoms with E-state index in [1.807, 2.05) is 6.92 Å². The number of phenolic OH excluding ortho intramolecular Hbond substituents is 1. The third-order valence-corrected chi connectivity index (χ3v) is 3.03. The maximum absolute atomic E-state index is 11.9. The first-order valence-corrected chi connectivity index (χ1v) is 7.42. The summed E-state index contributed by atoms with van der Waals surface area (Å²) in [6.45, 7) is 7.22. The van der Waals surface area contributed by atoms with E-state index in [0.29, 0.717) is 12.8 Å². The van der Waals surface area contributed by atoms with Crippen LogP contribution in [0.3, 0.4) is 0 Å². The molecule has 0 saturated heterocycles. The van der Waals surface area contributed by atoms with Gasteiger partial charge in [0.05, 0.1) is 0 Å². The normalized spacial score (nSPS) is 14.0. The maximum atomic E-state index is 11.9. The topological polar surface area (TPSA) is 75.6 Å². The first-order chi connectivity index (χ1) is 10.2. The molecule has 1 amide bonds. The number of carbonyl (C=O) groups excluding carboxylic acids is 2. The van der Waals surface area contributed by atoms with Gasteiger partial charge in [-0.05, 0) is 51.3 Å². The molecule has 2 N–H and O–H groups in total. The van der Waals surface area contributed by atoms with E-state index in [0.717, 1.165) is 11.8 Å². The zero-order valence-electron chi connectivity index (χ0n) is 13.6. The van der Waals surface area contributed by atoms with Crippen LogP contribution in [-0.2, 0) is 16.0 Å². The molecule has 0 aromatic heterocycles. The van der Waals surface area contributed by atoms with Crippen molar-refractivity contribution in [3.63, 3.8) is 0 Å². The maximum Gasteiger partial charge on any atom is 0.407 e. The summed E-state index contributed by atoms with van der Waals surface area (Å²) >= 11 is 0. The lowest BCUT2D eigenvalue weighted by atomic mass is 9.97. The molecule has 0 radical (unpaired) electrons. The summed E-state index contributed by atoms with van der Waals surface area (Å²) in [5.74, 6) is 0.0405. The number of nitrogens with one attached hydrogen (secondary N) is 1. The predicted octanol–water partition coefficient (Wildman–Crippen LogP) is 3.05. The van der Waals surface area contributed by atoms with Crippen LogP contribution in [0.1, 0.15) is 39.7 Å². The molecular weight excluding hydrogens is 282 g/mol. The number of hydrogen-bond acceptors (Lipinski definition) is 4. The van der Waals surface area contributed by atoms with Crippen LogP contribution in [0.15, 0.2) is 24.3 Å². The number of hydrogen-bond donors (Lipinski definition) is 2. The molecule has 22 heavy (non-hydrogen) atoms. The molecule has 5 heteroatoms. The molecule has 0 aliphatic carbocycles. The van der Waals surface area contributed by atoms with E-state index in [2.05, 4.69) is 5.32 Å². The molecule has 0 aliphatic heterocycles. The van der Waals surface area contributed by atoms with Gasteiger partial charge >= 0.3 is 6.09 Å². The van der Waals surface area contributed by atoms with Crippen LogP contribution < -0.4 is 5.32 Å². The number of carbonyl (C=O) groups is 2. The number of aromatic hydroxyl groups is 1. The van der Waals surface area contributed by atoms with E-state index in [9.17, 15) is 14.7 Å². The van der Waals surface area contributed by atoms with Gasteiger partial charge < -0.3 is 20.0 Å². The van der Waals surface area contributed by atoms with Gasteiger partial charge in [-0.1, -0.05) is 19.1 Å². The smallest absolute Gasteiger partial charge is 0.407 e. The molecule has 0 fully saturated rings. The molecule has 0 unspecified atom stereocenters. The van der Waals surface area contributed by atoms with Crippen molar-refractivity contribution in [3.05, 3.63) is 29.8 Å². The highest BCUT2D eigenvalue weighted by atomic mass is 16.6. The van der Waals surface area contributed by atoms with E-state index in [4.69, 9.17) is 4.74 Å². The molecule has 0 heterocycles. The fourth-order valence-corrected chi connectivity index (χ4v) is 2.09. The molecule has 0 spiro atoms. The van der Waals surface area contributed by atoms with Gasteiger partial charge in [-0.2, -0.15) is 0 Å². The monoisotopic (exact) mass is 307 g/mol. The Bertz CT molecular complexity index is 490. The Balaban J connectivity index is 2.72. The number of amides is 1. The van der Waals surface area contributed by atoms with Crippen LogP contribution in [0.2, 0.25) is 0 Å². The average molecular weight is 307 g/mol. The largest absolute Gasteiger partial charge is 0.508 e. The third-order valence-electron chi connectivity index (χ3n) is 3.03. The van der Waals surface area contributed by atoms with Crippen molar-refractivity contribution in [1.29, 1.82) is 0 Å². The van der Waals surface area contributed by atoms with Gasteiger partial charge in [0, 0.05) is 12.0 Å². The summed E-state index contributed by atoms with van der Waals surface area (Å²) < 4.78 is 5.26. The van der Waals surface area contributed by atoms with Crippen molar-refractivity contribution in [2.24, 2.45) is 5.92 Å². The van der Waals surface area contributed by atoms with Crippen molar-refractivity contribution >= 4 is 12.4 Å². The van der Waals surface area contributed by atoms with Crippen molar-refractivity contribution in [2.75, 3.05) is 0 Å². The highest BCUT2D eigenvalue weighted by Gasteiger charge is 2.21. The third kappa shape index (κ3) is 7.11. The molecule has 0 bridgehead atoms. The number of ether oxygens (including phenoxy) is 1. The highest BCUT2D eigenvalue weighted by Crippen LogP contribution is 2.15. The zero-order chi connectivity index (χ0) is 16.8. The van der Waals surface area contributed by atoms with E-state index < -0.39 is 11.7 Å². The first kappa shape index (κ1) is 18.0. The summed E-state index contributed by atoms with van der Waals surface area (Å²) in [5.41, 5.74) is 0.403. The second-order valence-corrected chi connectivity index (χ2v) is 6.56. The number of rotatable bonds is 6. The second-order valence-electron chi connectivity index (χ2n) is 6.56. The van der Waals surface area contributed by atoms with Gasteiger partial charge in [0.25, 0.3) is 0 Å². The Morgan fingerprint density at radius 3 is 2.41 bits per heavy atom. The molecule has 1 aromatic carbocycles. The van der Waals surface area contributed by atoms with Gasteiger partial charge in [0.2, 0.25) is 0 Å². The molecule has 122 valence electrons. The van der Waals surface area contributed by atoms with Crippen LogP contribution in [0.25, 0.3) is 0 Å². The quantitative estimate of drug-likeness (QED) is 0.792. The lowest BCUT2D eigenvalue weighted by molar-refractivity contribution is -0.111. The van der Waals surface area contributed by atoms with Crippen molar-refractivity contribution in [1.82, 2.24) is 5.32 Å². The molecule has 1 rings (SSSR count). The average Bonchev–Trinajstić information content (AvgIpc) is 2.38. The van der Waals surface area contributed by atoms with E-state index in [1.54, 1.807) is 45.0 Å². The van der Waals surface area contributed by atoms with Gasteiger partial charge in [-0.3, -0.25) is 0 Å². The Morgan fingerprint density at radius 2 is 1.91 bits per heavy atom. The van der Waals surface area contributed by atoms with E-state index >= 15 is 0 Å². The van der Waals surface area contributed by atoms with E-state index in [1.165, 1.54) is 0 Å². The number of benzene rings is 1. The van der Waals surface area contributed by atoms with E-state index in [-0.39, 0.29) is 17.7 Å². The van der Waals surface area contributed by atoms with Gasteiger partial charge in [-0.15, -0.1) is 0 Å². The van der Waals surface area contributed by atoms with Crippen LogP contribution >= 0.6 is 0 Å². The summed E-state index contributed by atoms with van der Waals surface area (Å²) in [7, 11) is 0. The lowest BCUT2D eigenvalue weighted by Crippen LogP contribution is -2.41. The van der Waals surface area contributed by atoms with Crippen LogP contribution in [0, 0.1) is 5.92 Å². The standard InChI is InChI=1S/C17H25NO4/c1-12(11-19)9-14(18-16(21)22-17(2,3)4)10-13-5-7-15(20)8-6-13/h5-8,11-12,14,20H,9-10H2,1-4H3,(H,18,21)/t12-,14+/m0/s1. The van der Waals surface area contributed by atoms with Gasteiger partial charge in [-0.25, -0.2) is 4.79 Å². The Hall–Kier alpha value is -2.04. The minimum Gasteiger partial charge on any atom is -0.508 e. The molecule has 0 saturated carbocycles. The lowest BCUT2D eigenvalue weighted by Gasteiger charge is -2.24. The van der Waals surface area contributed by atoms with Crippen molar-refractivity contribution < 1.29 is 19.4 Å². The fraction of sp³-hybridized carbons (Fsp3) is 0.529. The number of phenols is 1. The summed E-state index contributed by atoms with van der Waals surface area (Å²) in [5, 5.41) is 12.1. The summed E-state index contributed by atoms with van der Waals surface area (Å²) in [6, 6.07) is 6.58. The highest BCUT2D eigenvalue weighted by molar-refractivity contribution is 5.68. The molecule has 5 nitrogen and oxygen atoms in total. The SMILES string of the molecule is C[C@H](C=O)C[C@H](Cc1ccc(O)cc1)NC(=O)OC(C)(C)C. The van der Waals surface area contributed by atoms with Crippen molar-refractivity contribution in [2.45, 2.75) is 52.2 Å². The minimum absolute atomic E-state index is 0.156. The zero-order valence-corrected chi connectivity index (χ0v) is 13.6. The van der Waals surface area contributed by atoms with Gasteiger partial charge in [0.1, 0.15) is 17.6 Å². The van der Waals surface area contributed by atoms with Crippen LogP contribution in [0.4, 0.5) is 4.79 Å². The second kappa shape index (κ2) is 7.82. The molecular formula is C17H25NO4. The molecule has 1 aromatic rings. The first-order valence-electron chi connectivity index (χ1n) is 7.42. The number of aldehydes is 1. The Labute approximate surface area is 131 Å².